The van der Waals surface area contributed by atoms with Gasteiger partial charge in [-0.15, -0.1) is 0 Å². The van der Waals surface area contributed by atoms with Crippen molar-refractivity contribution < 1.29 is 19.4 Å². The fraction of sp³-hybridized carbons (Fsp3) is 0.867. The van der Waals surface area contributed by atoms with Crippen LogP contribution >= 0.6 is 0 Å². The third-order valence-corrected chi connectivity index (χ3v) is 4.62. The summed E-state index contributed by atoms with van der Waals surface area (Å²) in [6, 6.07) is -0.864. The van der Waals surface area contributed by atoms with Crippen molar-refractivity contribution in [1.29, 1.82) is 0 Å². The Balaban J connectivity index is 1.94. The SMILES string of the molecule is CC(NC(=O)N1CCCCCC1C(=O)O)C1CCOCC1. The summed E-state index contributed by atoms with van der Waals surface area (Å²) < 4.78 is 5.34. The van der Waals surface area contributed by atoms with Gasteiger partial charge in [0.15, 0.2) is 0 Å². The van der Waals surface area contributed by atoms with Gasteiger partial charge in [0.25, 0.3) is 0 Å². The molecule has 2 rings (SSSR count). The van der Waals surface area contributed by atoms with Crippen LogP contribution in [0, 0.1) is 5.92 Å². The molecule has 2 amide bonds. The van der Waals surface area contributed by atoms with E-state index in [1.165, 1.54) is 4.90 Å². The maximum Gasteiger partial charge on any atom is 0.326 e. The second-order valence-corrected chi connectivity index (χ2v) is 6.08. The van der Waals surface area contributed by atoms with Crippen LogP contribution in [0.1, 0.15) is 45.4 Å². The van der Waals surface area contributed by atoms with Crippen LogP contribution < -0.4 is 5.32 Å². The molecule has 0 spiro atoms. The quantitative estimate of drug-likeness (QED) is 0.833. The first-order valence-electron chi connectivity index (χ1n) is 7.97. The Morgan fingerprint density at radius 2 is 1.90 bits per heavy atom. The molecule has 2 aliphatic heterocycles. The van der Waals surface area contributed by atoms with E-state index in [0.29, 0.717) is 18.9 Å². The van der Waals surface area contributed by atoms with E-state index in [0.717, 1.165) is 45.3 Å². The molecule has 2 saturated heterocycles. The molecule has 0 saturated carbocycles. The van der Waals surface area contributed by atoms with E-state index in [2.05, 4.69) is 5.32 Å². The van der Waals surface area contributed by atoms with Crippen LogP contribution in [-0.4, -0.2) is 53.8 Å². The van der Waals surface area contributed by atoms with Gasteiger partial charge in [-0.05, 0) is 38.5 Å². The maximum atomic E-state index is 12.4. The molecule has 0 aromatic heterocycles. The van der Waals surface area contributed by atoms with Crippen LogP contribution in [0.3, 0.4) is 0 Å². The van der Waals surface area contributed by atoms with Gasteiger partial charge in [-0.2, -0.15) is 0 Å². The molecule has 0 aliphatic carbocycles. The van der Waals surface area contributed by atoms with Crippen LogP contribution in [0.2, 0.25) is 0 Å². The molecular formula is C15H26N2O4. The van der Waals surface area contributed by atoms with Gasteiger partial charge < -0.3 is 20.1 Å². The number of hydrogen-bond donors (Lipinski definition) is 2. The fourth-order valence-electron chi connectivity index (χ4n) is 3.22. The molecule has 0 aromatic carbocycles. The Bertz CT molecular complexity index is 369. The topological polar surface area (TPSA) is 78.9 Å². The lowest BCUT2D eigenvalue weighted by atomic mass is 9.93. The van der Waals surface area contributed by atoms with Crippen LogP contribution in [0.5, 0.6) is 0 Å². The number of ether oxygens (including phenoxy) is 1. The Kier molecular flexibility index (Phi) is 5.85. The number of aliphatic carboxylic acids is 1. The van der Waals surface area contributed by atoms with Gasteiger partial charge in [-0.3, -0.25) is 0 Å². The van der Waals surface area contributed by atoms with Gasteiger partial charge in [-0.1, -0.05) is 12.8 Å². The Hall–Kier alpha value is -1.30. The van der Waals surface area contributed by atoms with Crippen molar-refractivity contribution in [2.45, 2.75) is 57.5 Å². The van der Waals surface area contributed by atoms with Crippen molar-refractivity contribution in [3.05, 3.63) is 0 Å². The minimum Gasteiger partial charge on any atom is -0.480 e. The molecule has 0 radical (unpaired) electrons. The highest BCUT2D eigenvalue weighted by Gasteiger charge is 2.32. The molecule has 6 nitrogen and oxygen atoms in total. The normalized spacial score (nSPS) is 26.0. The number of urea groups is 1. The minimum absolute atomic E-state index is 0.0547. The first-order valence-corrected chi connectivity index (χ1v) is 7.97. The summed E-state index contributed by atoms with van der Waals surface area (Å²) in [6.07, 6.45) is 5.18. The highest BCUT2D eigenvalue weighted by atomic mass is 16.5. The predicted molar refractivity (Wildman–Crippen MR) is 78.1 cm³/mol. The molecule has 2 aliphatic rings. The standard InChI is InChI=1S/C15H26N2O4/c1-11(12-6-9-21-10-7-12)16-15(20)17-8-4-2-3-5-13(17)14(18)19/h11-13H,2-10H2,1H3,(H,16,20)(H,18,19). The number of amides is 2. The third kappa shape index (κ3) is 4.33. The Labute approximate surface area is 125 Å². The van der Waals surface area contributed by atoms with E-state index in [1.54, 1.807) is 0 Å². The molecule has 2 atom stereocenters. The summed E-state index contributed by atoms with van der Waals surface area (Å²) >= 11 is 0. The molecule has 6 heteroatoms. The summed E-state index contributed by atoms with van der Waals surface area (Å²) in [5.74, 6) is -0.483. The number of carboxylic acid groups (broad SMARTS) is 1. The monoisotopic (exact) mass is 298 g/mol. The fourth-order valence-corrected chi connectivity index (χ4v) is 3.22. The lowest BCUT2D eigenvalue weighted by molar-refractivity contribution is -0.142. The summed E-state index contributed by atoms with van der Waals surface area (Å²) in [7, 11) is 0. The third-order valence-electron chi connectivity index (χ3n) is 4.62. The summed E-state index contributed by atoms with van der Waals surface area (Å²) in [4.78, 5) is 25.3. The first-order chi connectivity index (χ1) is 10.1. The van der Waals surface area contributed by atoms with Gasteiger partial charge in [-0.25, -0.2) is 9.59 Å². The molecule has 2 unspecified atom stereocenters. The highest BCUT2D eigenvalue weighted by Crippen LogP contribution is 2.20. The van der Waals surface area contributed by atoms with Crippen LogP contribution in [0.15, 0.2) is 0 Å². The highest BCUT2D eigenvalue weighted by molar-refractivity contribution is 5.82. The molecule has 2 N–H and O–H groups in total. The van der Waals surface area contributed by atoms with Gasteiger partial charge >= 0.3 is 12.0 Å². The number of hydrogen-bond acceptors (Lipinski definition) is 3. The molecule has 21 heavy (non-hydrogen) atoms. The zero-order valence-corrected chi connectivity index (χ0v) is 12.7. The maximum absolute atomic E-state index is 12.4. The number of nitrogens with zero attached hydrogens (tertiary/aromatic N) is 1. The van der Waals surface area contributed by atoms with Crippen molar-refractivity contribution in [3.63, 3.8) is 0 Å². The van der Waals surface area contributed by atoms with Gasteiger partial charge in [0.2, 0.25) is 0 Å². The predicted octanol–water partition coefficient (Wildman–Crippen LogP) is 1.84. The van der Waals surface area contributed by atoms with Crippen molar-refractivity contribution in [2.75, 3.05) is 19.8 Å². The van der Waals surface area contributed by atoms with E-state index in [-0.39, 0.29) is 12.1 Å². The van der Waals surface area contributed by atoms with Crippen LogP contribution in [0.4, 0.5) is 4.79 Å². The van der Waals surface area contributed by atoms with Gasteiger partial charge in [0, 0.05) is 25.8 Å². The molecule has 2 fully saturated rings. The van der Waals surface area contributed by atoms with Crippen molar-refractivity contribution in [2.24, 2.45) is 5.92 Å². The summed E-state index contributed by atoms with van der Waals surface area (Å²) in [6.45, 7) is 4.02. The van der Waals surface area contributed by atoms with Crippen LogP contribution in [-0.2, 0) is 9.53 Å². The zero-order valence-electron chi connectivity index (χ0n) is 12.7. The number of carbonyl (C=O) groups is 2. The van der Waals surface area contributed by atoms with Crippen molar-refractivity contribution in [1.82, 2.24) is 10.2 Å². The molecule has 120 valence electrons. The number of nitrogens with one attached hydrogen (secondary N) is 1. The average molecular weight is 298 g/mol. The number of carboxylic acids is 1. The number of rotatable bonds is 3. The van der Waals surface area contributed by atoms with Gasteiger partial charge in [0.05, 0.1) is 0 Å². The number of likely N-dealkylation sites (tertiary alicyclic amines) is 1. The summed E-state index contributed by atoms with van der Waals surface area (Å²) in [5, 5.41) is 12.3. The molecule has 0 bridgehead atoms. The molecular weight excluding hydrogens is 272 g/mol. The van der Waals surface area contributed by atoms with E-state index in [9.17, 15) is 14.7 Å². The smallest absolute Gasteiger partial charge is 0.326 e. The lowest BCUT2D eigenvalue weighted by Crippen LogP contribution is -2.52. The summed E-state index contributed by atoms with van der Waals surface area (Å²) in [5.41, 5.74) is 0. The van der Waals surface area contributed by atoms with E-state index >= 15 is 0 Å². The Morgan fingerprint density at radius 3 is 2.57 bits per heavy atom. The van der Waals surface area contributed by atoms with E-state index in [4.69, 9.17) is 4.74 Å². The second kappa shape index (κ2) is 7.64. The minimum atomic E-state index is -0.897. The zero-order chi connectivity index (χ0) is 15.2. The second-order valence-electron chi connectivity index (χ2n) is 6.08. The van der Waals surface area contributed by atoms with Crippen molar-refractivity contribution in [3.8, 4) is 0 Å². The van der Waals surface area contributed by atoms with Gasteiger partial charge in [0.1, 0.15) is 6.04 Å². The first kappa shape index (κ1) is 16.1. The van der Waals surface area contributed by atoms with Crippen LogP contribution in [0.25, 0.3) is 0 Å². The van der Waals surface area contributed by atoms with E-state index in [1.807, 2.05) is 6.92 Å². The molecule has 0 aromatic rings. The lowest BCUT2D eigenvalue weighted by Gasteiger charge is -2.32. The average Bonchev–Trinajstić information content (AvgIpc) is 2.74. The van der Waals surface area contributed by atoms with Crippen molar-refractivity contribution >= 4 is 12.0 Å². The van der Waals surface area contributed by atoms with E-state index < -0.39 is 12.0 Å². The largest absolute Gasteiger partial charge is 0.480 e. The molecule has 2 heterocycles. The Morgan fingerprint density at radius 1 is 1.19 bits per heavy atom. The number of carbonyl (C=O) groups excluding carboxylic acids is 1.